The third-order valence-corrected chi connectivity index (χ3v) is 17.8. The highest BCUT2D eigenvalue weighted by molar-refractivity contribution is 7.91. The lowest BCUT2D eigenvalue weighted by molar-refractivity contribution is -0.175. The van der Waals surface area contributed by atoms with Crippen LogP contribution < -0.4 is 5.32 Å². The van der Waals surface area contributed by atoms with Crippen molar-refractivity contribution in [3.8, 4) is 0 Å². The summed E-state index contributed by atoms with van der Waals surface area (Å²) in [6, 6.07) is 0. The summed E-state index contributed by atoms with van der Waals surface area (Å²) in [5.41, 5.74) is 4.24. The van der Waals surface area contributed by atoms with Gasteiger partial charge in [0.05, 0.1) is 17.4 Å². The Hall–Kier alpha value is -1.18. The van der Waals surface area contributed by atoms with Gasteiger partial charge in [0.25, 0.3) is 0 Å². The van der Waals surface area contributed by atoms with Gasteiger partial charge in [-0.2, -0.15) is 0 Å². The number of fused-ring (bicyclic) bond motifs is 8. The van der Waals surface area contributed by atoms with Gasteiger partial charge in [-0.15, -0.1) is 0 Å². The van der Waals surface area contributed by atoms with Crippen molar-refractivity contribution in [3.05, 3.63) is 23.3 Å². The van der Waals surface area contributed by atoms with Gasteiger partial charge in [0.15, 0.2) is 9.84 Å². The topological polar surface area (TPSA) is 86.7 Å². The molecule has 0 spiro atoms. The van der Waals surface area contributed by atoms with Gasteiger partial charge < -0.3 is 15.3 Å². The molecule has 6 nitrogen and oxygen atoms in total. The Labute approximate surface area is 272 Å². The number of carboxylic acid groups (broad SMARTS) is 1. The van der Waals surface area contributed by atoms with Crippen LogP contribution in [0.5, 0.6) is 0 Å². The van der Waals surface area contributed by atoms with Crippen molar-refractivity contribution >= 4 is 15.8 Å². The molecule has 11 atom stereocenters. The van der Waals surface area contributed by atoms with Gasteiger partial charge in [-0.1, -0.05) is 46.3 Å². The highest BCUT2D eigenvalue weighted by Gasteiger charge is 2.66. The summed E-state index contributed by atoms with van der Waals surface area (Å²) < 4.78 is 23.8. The molecule has 5 saturated carbocycles. The maximum absolute atomic E-state index is 11.9. The van der Waals surface area contributed by atoms with Crippen LogP contribution in [0.3, 0.4) is 0 Å². The third kappa shape index (κ3) is 4.65. The minimum absolute atomic E-state index is 0.128. The van der Waals surface area contributed by atoms with Gasteiger partial charge >= 0.3 is 5.97 Å². The zero-order valence-corrected chi connectivity index (χ0v) is 29.1. The average molecular weight is 639 g/mol. The van der Waals surface area contributed by atoms with E-state index < -0.39 is 15.8 Å². The Morgan fingerprint density at radius 2 is 1.71 bits per heavy atom. The van der Waals surface area contributed by atoms with Crippen molar-refractivity contribution in [2.24, 2.45) is 63.6 Å². The minimum atomic E-state index is -2.82. The number of allylic oxidation sites excluding steroid dienone is 4. The van der Waals surface area contributed by atoms with E-state index in [1.165, 1.54) is 69.8 Å². The number of carboxylic acids is 1. The van der Waals surface area contributed by atoms with Crippen LogP contribution in [-0.4, -0.2) is 67.6 Å². The monoisotopic (exact) mass is 638 g/mol. The van der Waals surface area contributed by atoms with E-state index in [4.69, 9.17) is 0 Å². The van der Waals surface area contributed by atoms with Crippen LogP contribution >= 0.6 is 0 Å². The van der Waals surface area contributed by atoms with Gasteiger partial charge in [0.1, 0.15) is 0 Å². The highest BCUT2D eigenvalue weighted by atomic mass is 32.2. The predicted octanol–water partition coefficient (Wildman–Crippen LogP) is 6.34. The fraction of sp³-hybridized carbons (Fsp3) is 0.868. The van der Waals surface area contributed by atoms with Crippen LogP contribution in [0, 0.1) is 63.6 Å². The maximum Gasteiger partial charge on any atom is 0.307 e. The summed E-state index contributed by atoms with van der Waals surface area (Å²) >= 11 is 0. The van der Waals surface area contributed by atoms with E-state index in [0.717, 1.165) is 43.2 Å². The van der Waals surface area contributed by atoms with E-state index in [0.29, 0.717) is 52.8 Å². The zero-order chi connectivity index (χ0) is 31.6. The Bertz CT molecular complexity index is 1400. The Morgan fingerprint density at radius 1 is 0.933 bits per heavy atom. The quantitative estimate of drug-likeness (QED) is 0.353. The fourth-order valence-corrected chi connectivity index (χ4v) is 15.4. The first-order chi connectivity index (χ1) is 21.3. The summed E-state index contributed by atoms with van der Waals surface area (Å²) in [4.78, 5) is 14.0. The Kier molecular flexibility index (Phi) is 7.20. The van der Waals surface area contributed by atoms with Crippen molar-refractivity contribution < 1.29 is 18.3 Å². The van der Waals surface area contributed by atoms with Gasteiger partial charge in [-0.05, 0) is 133 Å². The number of nitrogens with one attached hydrogen (secondary N) is 1. The first-order valence-corrected chi connectivity index (χ1v) is 20.4. The molecule has 9 unspecified atom stereocenters. The molecule has 8 aliphatic rings. The van der Waals surface area contributed by atoms with Crippen LogP contribution in [0.15, 0.2) is 23.3 Å². The Balaban J connectivity index is 0.974. The molecular formula is C38H58N2O4S. The standard InChI is InChI=1S/C38H58N2O4S/c1-35(2)28(24-22-26-27(23-24)33(26)34(41)42)9-13-37(4)31(35)11-14-36(3)29-10-15-38(12-5-6-30(38)25(29)7-8-32(36)37)39-16-17-40-18-20-45(43,44)21-19-40/h9,22,25-27,29-33,39H,5-8,10-21,23H2,1-4H3,(H,41,42)/t25?,26?,27?,29?,30-,31?,32+,33?,36?,37?,38?/m1/s1. The summed E-state index contributed by atoms with van der Waals surface area (Å²) in [7, 11) is -2.82. The normalized spacial score (nSPS) is 49.4. The maximum atomic E-state index is 11.9. The van der Waals surface area contributed by atoms with E-state index in [1.807, 2.05) is 0 Å². The number of aliphatic carboxylic acids is 1. The molecule has 0 aromatic heterocycles. The smallest absolute Gasteiger partial charge is 0.307 e. The fourth-order valence-electron chi connectivity index (χ4n) is 14.1. The van der Waals surface area contributed by atoms with Gasteiger partial charge in [0.2, 0.25) is 0 Å². The molecule has 1 saturated heterocycles. The van der Waals surface area contributed by atoms with Crippen LogP contribution in [0.4, 0.5) is 0 Å². The molecule has 2 N–H and O–H groups in total. The molecule has 6 fully saturated rings. The van der Waals surface area contributed by atoms with Crippen molar-refractivity contribution in [2.45, 2.75) is 104 Å². The molecule has 0 bridgehead atoms. The summed E-state index contributed by atoms with van der Waals surface area (Å²) in [6.07, 6.45) is 19.4. The zero-order valence-electron chi connectivity index (χ0n) is 28.3. The number of nitrogens with zero attached hydrogens (tertiary/aromatic N) is 1. The number of rotatable bonds is 6. The number of carbonyl (C=O) groups is 1. The lowest BCUT2D eigenvalue weighted by Crippen LogP contribution is -2.64. The van der Waals surface area contributed by atoms with Gasteiger partial charge in [-0.3, -0.25) is 4.79 Å². The van der Waals surface area contributed by atoms with Crippen LogP contribution in [-0.2, 0) is 14.6 Å². The van der Waals surface area contributed by atoms with Crippen molar-refractivity contribution in [2.75, 3.05) is 37.7 Å². The molecule has 7 aliphatic carbocycles. The SMILES string of the molecule is CC1(C)C(C2=CC3C(C2)C3C(=O)O)=CCC2(C)C1CCC1(C)C3CCC4(NCCN5CCS(=O)(=O)CC5)CCC[C@@H]4C3CC[C@@H]12. The molecule has 1 heterocycles. The number of sulfone groups is 1. The molecule has 7 heteroatoms. The molecule has 0 aromatic carbocycles. The highest BCUT2D eigenvalue weighted by Crippen LogP contribution is 2.73. The predicted molar refractivity (Wildman–Crippen MR) is 178 cm³/mol. The molecule has 0 radical (unpaired) electrons. The second-order valence-electron chi connectivity index (χ2n) is 18.2. The molecule has 8 rings (SSSR count). The molecular weight excluding hydrogens is 580 g/mol. The molecule has 1 aliphatic heterocycles. The van der Waals surface area contributed by atoms with E-state index in [1.54, 1.807) is 5.57 Å². The lowest BCUT2D eigenvalue weighted by atomic mass is 9.37. The van der Waals surface area contributed by atoms with Crippen LogP contribution in [0.25, 0.3) is 0 Å². The Morgan fingerprint density at radius 3 is 2.42 bits per heavy atom. The summed E-state index contributed by atoms with van der Waals surface area (Å²) in [5, 5.41) is 13.7. The minimum Gasteiger partial charge on any atom is -0.481 e. The van der Waals surface area contributed by atoms with Crippen molar-refractivity contribution in [1.29, 1.82) is 0 Å². The second-order valence-corrected chi connectivity index (χ2v) is 20.5. The van der Waals surface area contributed by atoms with E-state index in [-0.39, 0.29) is 17.3 Å². The van der Waals surface area contributed by atoms with Gasteiger partial charge in [0, 0.05) is 31.7 Å². The first kappa shape index (κ1) is 31.1. The summed E-state index contributed by atoms with van der Waals surface area (Å²) in [6.45, 7) is 13.8. The van der Waals surface area contributed by atoms with E-state index in [2.05, 4.69) is 50.1 Å². The third-order valence-electron chi connectivity index (χ3n) is 16.1. The van der Waals surface area contributed by atoms with Gasteiger partial charge in [-0.25, -0.2) is 8.42 Å². The average Bonchev–Trinajstić information content (AvgIpc) is 3.26. The molecule has 0 amide bonds. The largest absolute Gasteiger partial charge is 0.481 e. The molecule has 250 valence electrons. The number of hydrogen-bond acceptors (Lipinski definition) is 5. The number of hydrogen-bond donors (Lipinski definition) is 2. The van der Waals surface area contributed by atoms with Crippen LogP contribution in [0.1, 0.15) is 98.3 Å². The lowest BCUT2D eigenvalue weighted by Gasteiger charge is -2.68. The van der Waals surface area contributed by atoms with Crippen molar-refractivity contribution in [3.63, 3.8) is 0 Å². The van der Waals surface area contributed by atoms with Crippen molar-refractivity contribution in [1.82, 2.24) is 10.2 Å². The van der Waals surface area contributed by atoms with E-state index in [9.17, 15) is 18.3 Å². The summed E-state index contributed by atoms with van der Waals surface area (Å²) in [5.74, 6) is 4.49. The molecule has 45 heavy (non-hydrogen) atoms. The van der Waals surface area contributed by atoms with E-state index >= 15 is 0 Å². The second kappa shape index (κ2) is 10.4. The first-order valence-electron chi connectivity index (χ1n) is 18.6. The molecule has 0 aromatic rings. The van der Waals surface area contributed by atoms with Crippen LogP contribution in [0.2, 0.25) is 0 Å².